The van der Waals surface area contributed by atoms with E-state index in [2.05, 4.69) is 10.4 Å². The van der Waals surface area contributed by atoms with Gasteiger partial charge in [-0.3, -0.25) is 9.48 Å². The molecule has 3 rings (SSSR count). The standard InChI is InChI=1S/C18H15F2N3O/c1-11-15(10-23(2)22-11)18(24)21-17-6-4-3-5-14(17)13-8-7-12(19)9-16(13)20/h3-10H,1-2H3,(H,21,24). The lowest BCUT2D eigenvalue weighted by molar-refractivity contribution is 0.102. The third kappa shape index (κ3) is 3.03. The fourth-order valence-electron chi connectivity index (χ4n) is 2.55. The second kappa shape index (κ2) is 6.23. The van der Waals surface area contributed by atoms with Gasteiger partial charge in [-0.15, -0.1) is 0 Å². The summed E-state index contributed by atoms with van der Waals surface area (Å²) in [7, 11) is 1.73. The molecule has 0 bridgehead atoms. The molecule has 6 heteroatoms. The molecule has 4 nitrogen and oxygen atoms in total. The minimum absolute atomic E-state index is 0.218. The highest BCUT2D eigenvalue weighted by Gasteiger charge is 2.16. The molecular formula is C18H15F2N3O. The van der Waals surface area contributed by atoms with Crippen LogP contribution in [-0.4, -0.2) is 15.7 Å². The smallest absolute Gasteiger partial charge is 0.259 e. The van der Waals surface area contributed by atoms with E-state index < -0.39 is 11.6 Å². The van der Waals surface area contributed by atoms with Gasteiger partial charge in [0.2, 0.25) is 0 Å². The molecule has 0 saturated carbocycles. The Balaban J connectivity index is 1.98. The van der Waals surface area contributed by atoms with Crippen molar-refractivity contribution in [2.75, 3.05) is 5.32 Å². The van der Waals surface area contributed by atoms with E-state index in [1.165, 1.54) is 12.1 Å². The van der Waals surface area contributed by atoms with E-state index in [4.69, 9.17) is 0 Å². The second-order valence-electron chi connectivity index (χ2n) is 5.43. The first-order valence-corrected chi connectivity index (χ1v) is 7.32. The zero-order valence-electron chi connectivity index (χ0n) is 13.2. The van der Waals surface area contributed by atoms with Crippen molar-refractivity contribution in [3.63, 3.8) is 0 Å². The number of nitrogens with zero attached hydrogens (tertiary/aromatic N) is 2. The fourth-order valence-corrected chi connectivity index (χ4v) is 2.55. The van der Waals surface area contributed by atoms with Gasteiger partial charge in [0, 0.05) is 36.1 Å². The number of amides is 1. The van der Waals surface area contributed by atoms with Crippen LogP contribution in [0.25, 0.3) is 11.1 Å². The lowest BCUT2D eigenvalue weighted by Gasteiger charge is -2.12. The number of carbonyl (C=O) groups excluding carboxylic acids is 1. The average molecular weight is 327 g/mol. The van der Waals surface area contributed by atoms with Crippen LogP contribution < -0.4 is 5.32 Å². The van der Waals surface area contributed by atoms with Crippen LogP contribution in [0, 0.1) is 18.6 Å². The van der Waals surface area contributed by atoms with Crippen LogP contribution in [0.4, 0.5) is 14.5 Å². The number of carbonyl (C=O) groups is 1. The summed E-state index contributed by atoms with van der Waals surface area (Å²) in [6, 6.07) is 10.1. The van der Waals surface area contributed by atoms with E-state index in [-0.39, 0.29) is 11.5 Å². The van der Waals surface area contributed by atoms with Gasteiger partial charge >= 0.3 is 0 Å². The van der Waals surface area contributed by atoms with Crippen molar-refractivity contribution in [2.24, 2.45) is 7.05 Å². The quantitative estimate of drug-likeness (QED) is 0.792. The molecule has 24 heavy (non-hydrogen) atoms. The highest BCUT2D eigenvalue weighted by Crippen LogP contribution is 2.30. The summed E-state index contributed by atoms with van der Waals surface area (Å²) in [5.74, 6) is -1.67. The monoisotopic (exact) mass is 327 g/mol. The third-order valence-electron chi connectivity index (χ3n) is 3.65. The molecule has 0 unspecified atom stereocenters. The molecule has 0 radical (unpaired) electrons. The van der Waals surface area contributed by atoms with Gasteiger partial charge in [0.05, 0.1) is 11.3 Å². The minimum atomic E-state index is -0.686. The predicted octanol–water partition coefficient (Wildman–Crippen LogP) is 3.93. The molecular weight excluding hydrogens is 312 g/mol. The lowest BCUT2D eigenvalue weighted by atomic mass is 10.0. The van der Waals surface area contributed by atoms with Gasteiger partial charge in [0.1, 0.15) is 11.6 Å². The summed E-state index contributed by atoms with van der Waals surface area (Å²) < 4.78 is 28.8. The van der Waals surface area contributed by atoms with Crippen molar-refractivity contribution in [1.82, 2.24) is 9.78 Å². The maximum absolute atomic E-state index is 14.1. The van der Waals surface area contributed by atoms with Gasteiger partial charge in [-0.25, -0.2) is 8.78 Å². The Kier molecular flexibility index (Phi) is 4.12. The normalized spacial score (nSPS) is 10.7. The number of aromatic nitrogens is 2. The molecule has 0 spiro atoms. The van der Waals surface area contributed by atoms with Crippen molar-refractivity contribution in [3.8, 4) is 11.1 Å². The van der Waals surface area contributed by atoms with Crippen molar-refractivity contribution >= 4 is 11.6 Å². The Hall–Kier alpha value is -3.02. The minimum Gasteiger partial charge on any atom is -0.321 e. The Morgan fingerprint density at radius 2 is 1.88 bits per heavy atom. The maximum Gasteiger partial charge on any atom is 0.259 e. The van der Waals surface area contributed by atoms with E-state index in [1.54, 1.807) is 49.1 Å². The maximum atomic E-state index is 14.1. The molecule has 0 fully saturated rings. The predicted molar refractivity (Wildman–Crippen MR) is 87.7 cm³/mol. The van der Waals surface area contributed by atoms with Crippen molar-refractivity contribution in [3.05, 3.63) is 71.6 Å². The summed E-state index contributed by atoms with van der Waals surface area (Å²) in [5, 5.41) is 6.90. The van der Waals surface area contributed by atoms with Crippen molar-refractivity contribution in [1.29, 1.82) is 0 Å². The van der Waals surface area contributed by atoms with Crippen molar-refractivity contribution < 1.29 is 13.6 Å². The molecule has 0 aliphatic carbocycles. The Labute approximate surface area is 137 Å². The van der Waals surface area contributed by atoms with Gasteiger partial charge in [-0.05, 0) is 25.1 Å². The molecule has 0 aliphatic rings. The van der Waals surface area contributed by atoms with E-state index in [0.29, 0.717) is 22.5 Å². The topological polar surface area (TPSA) is 46.9 Å². The van der Waals surface area contributed by atoms with Gasteiger partial charge in [0.15, 0.2) is 0 Å². The zero-order valence-corrected chi connectivity index (χ0v) is 13.2. The van der Waals surface area contributed by atoms with E-state index >= 15 is 0 Å². The van der Waals surface area contributed by atoms with Crippen LogP contribution in [0.15, 0.2) is 48.7 Å². The number of benzene rings is 2. The van der Waals surface area contributed by atoms with E-state index in [9.17, 15) is 13.6 Å². The molecule has 1 N–H and O–H groups in total. The second-order valence-corrected chi connectivity index (χ2v) is 5.43. The lowest BCUT2D eigenvalue weighted by Crippen LogP contribution is -2.13. The molecule has 2 aromatic carbocycles. The summed E-state index contributed by atoms with van der Waals surface area (Å²) in [4.78, 5) is 12.5. The summed E-state index contributed by atoms with van der Waals surface area (Å²) in [6.45, 7) is 1.74. The molecule has 1 heterocycles. The van der Waals surface area contributed by atoms with Crippen LogP contribution >= 0.6 is 0 Å². The van der Waals surface area contributed by atoms with Crippen LogP contribution in [0.3, 0.4) is 0 Å². The fraction of sp³-hybridized carbons (Fsp3) is 0.111. The zero-order chi connectivity index (χ0) is 17.3. The Morgan fingerprint density at radius 1 is 1.12 bits per heavy atom. The molecule has 0 aliphatic heterocycles. The molecule has 0 atom stereocenters. The number of para-hydroxylation sites is 1. The largest absolute Gasteiger partial charge is 0.321 e. The summed E-state index contributed by atoms with van der Waals surface area (Å²) in [6.07, 6.45) is 1.62. The number of hydrogen-bond acceptors (Lipinski definition) is 2. The number of hydrogen-bond donors (Lipinski definition) is 1. The molecule has 122 valence electrons. The summed E-state index contributed by atoms with van der Waals surface area (Å²) >= 11 is 0. The Morgan fingerprint density at radius 3 is 2.54 bits per heavy atom. The first-order valence-electron chi connectivity index (χ1n) is 7.32. The number of rotatable bonds is 3. The van der Waals surface area contributed by atoms with Crippen LogP contribution in [-0.2, 0) is 7.05 Å². The highest BCUT2D eigenvalue weighted by atomic mass is 19.1. The van der Waals surface area contributed by atoms with Crippen LogP contribution in [0.2, 0.25) is 0 Å². The number of anilines is 1. The molecule has 0 saturated heterocycles. The van der Waals surface area contributed by atoms with Gasteiger partial charge in [-0.2, -0.15) is 5.10 Å². The van der Waals surface area contributed by atoms with Gasteiger partial charge in [-0.1, -0.05) is 18.2 Å². The van der Waals surface area contributed by atoms with Crippen molar-refractivity contribution in [2.45, 2.75) is 6.92 Å². The van der Waals surface area contributed by atoms with Gasteiger partial charge in [0.25, 0.3) is 5.91 Å². The average Bonchev–Trinajstić information content (AvgIpc) is 2.87. The van der Waals surface area contributed by atoms with Crippen LogP contribution in [0.5, 0.6) is 0 Å². The van der Waals surface area contributed by atoms with E-state index in [1.807, 2.05) is 0 Å². The van der Waals surface area contributed by atoms with Gasteiger partial charge < -0.3 is 5.32 Å². The SMILES string of the molecule is Cc1nn(C)cc1C(=O)Nc1ccccc1-c1ccc(F)cc1F. The number of aryl methyl sites for hydroxylation is 2. The highest BCUT2D eigenvalue weighted by molar-refractivity contribution is 6.06. The molecule has 3 aromatic rings. The number of nitrogens with one attached hydrogen (secondary N) is 1. The van der Waals surface area contributed by atoms with Crippen LogP contribution in [0.1, 0.15) is 16.1 Å². The Bertz CT molecular complexity index is 918. The molecule has 1 amide bonds. The third-order valence-corrected chi connectivity index (χ3v) is 3.65. The number of halogens is 2. The first-order chi connectivity index (χ1) is 11.5. The van der Waals surface area contributed by atoms with E-state index in [0.717, 1.165) is 6.07 Å². The summed E-state index contributed by atoms with van der Waals surface area (Å²) in [5.41, 5.74) is 2.17. The molecule has 1 aromatic heterocycles. The first kappa shape index (κ1) is 15.9.